The van der Waals surface area contributed by atoms with Crippen molar-refractivity contribution in [3.63, 3.8) is 0 Å². The van der Waals surface area contributed by atoms with Crippen LogP contribution in [0.1, 0.15) is 31.0 Å². The van der Waals surface area contributed by atoms with Crippen molar-refractivity contribution in [1.29, 1.82) is 0 Å². The molecule has 72 valence electrons. The van der Waals surface area contributed by atoms with Crippen LogP contribution in [-0.4, -0.2) is 17.0 Å². The van der Waals surface area contributed by atoms with Crippen LogP contribution in [0.5, 0.6) is 0 Å². The second kappa shape index (κ2) is 3.33. The average molecular weight is 188 g/mol. The number of pyridine rings is 1. The highest BCUT2D eigenvalue weighted by molar-refractivity contribution is 6.29. The highest BCUT2D eigenvalue weighted by Gasteiger charge is 2.13. The molecule has 3 nitrogen and oxygen atoms in total. The summed E-state index contributed by atoms with van der Waals surface area (Å²) in [6.07, 6.45) is 3.59. The van der Waals surface area contributed by atoms with Crippen molar-refractivity contribution in [2.75, 3.05) is 0 Å². The van der Waals surface area contributed by atoms with Gasteiger partial charge >= 0.3 is 0 Å². The number of hydrogen-bond acceptors (Lipinski definition) is 3. The smallest absolute Gasteiger partial charge is 0.178 e. The number of rotatable bonds is 1. The lowest BCUT2D eigenvalue weighted by Crippen LogP contribution is -2.09. The molecule has 0 saturated carbocycles. The van der Waals surface area contributed by atoms with E-state index in [9.17, 15) is 4.79 Å². The van der Waals surface area contributed by atoms with Crippen molar-refractivity contribution in [1.82, 2.24) is 4.98 Å². The van der Waals surface area contributed by atoms with Gasteiger partial charge in [-0.15, -0.1) is 0 Å². The highest BCUT2D eigenvalue weighted by Crippen LogP contribution is 2.25. The molecule has 0 fully saturated rings. The lowest BCUT2D eigenvalue weighted by atomic mass is 10.0. The molecule has 0 unspecified atom stereocenters. The number of aliphatic imine (C=N–C) groups is 1. The van der Waals surface area contributed by atoms with Crippen molar-refractivity contribution >= 4 is 17.7 Å². The molecule has 0 aliphatic carbocycles. The fraction of sp³-hybridized carbons (Fsp3) is 0.364. The summed E-state index contributed by atoms with van der Waals surface area (Å²) in [5.41, 5.74) is 2.85. The predicted octanol–water partition coefficient (Wildman–Crippen LogP) is 2.03. The lowest BCUT2D eigenvalue weighted by molar-refractivity contribution is -0.112. The number of hydrogen-bond donors (Lipinski definition) is 0. The summed E-state index contributed by atoms with van der Waals surface area (Å²) in [6, 6.07) is 1.96. The van der Waals surface area contributed by atoms with Crippen LogP contribution in [0, 0.1) is 0 Å². The van der Waals surface area contributed by atoms with Crippen LogP contribution in [-0.2, 0) is 11.2 Å². The van der Waals surface area contributed by atoms with Crippen LogP contribution in [0.4, 0.5) is 5.69 Å². The fourth-order valence-corrected chi connectivity index (χ4v) is 1.44. The number of nitrogens with zero attached hydrogens (tertiary/aromatic N) is 2. The van der Waals surface area contributed by atoms with Gasteiger partial charge < -0.3 is 0 Å². The Balaban J connectivity index is 2.44. The predicted molar refractivity (Wildman–Crippen MR) is 55.2 cm³/mol. The summed E-state index contributed by atoms with van der Waals surface area (Å²) < 4.78 is 0. The van der Waals surface area contributed by atoms with E-state index < -0.39 is 0 Å². The van der Waals surface area contributed by atoms with Gasteiger partial charge in [-0.1, -0.05) is 13.8 Å². The summed E-state index contributed by atoms with van der Waals surface area (Å²) in [7, 11) is 0. The van der Waals surface area contributed by atoms with Crippen LogP contribution < -0.4 is 0 Å². The van der Waals surface area contributed by atoms with Gasteiger partial charge in [0.1, 0.15) is 0 Å². The van der Waals surface area contributed by atoms with E-state index in [0.29, 0.717) is 12.3 Å². The lowest BCUT2D eigenvalue weighted by Gasteiger charge is -2.11. The van der Waals surface area contributed by atoms with Gasteiger partial charge in [0.15, 0.2) is 5.78 Å². The minimum Gasteiger partial charge on any atom is -0.293 e. The molecule has 1 aliphatic heterocycles. The molecule has 0 aromatic carbocycles. The largest absolute Gasteiger partial charge is 0.293 e. The zero-order valence-corrected chi connectivity index (χ0v) is 8.32. The van der Waals surface area contributed by atoms with Gasteiger partial charge in [0.05, 0.1) is 11.9 Å². The second-order valence-electron chi connectivity index (χ2n) is 3.79. The molecule has 0 radical (unpaired) electrons. The fourth-order valence-electron chi connectivity index (χ4n) is 1.44. The number of carbonyl (C=O) groups is 1. The first-order valence-corrected chi connectivity index (χ1v) is 4.72. The van der Waals surface area contributed by atoms with Crippen LogP contribution >= 0.6 is 0 Å². The molecule has 14 heavy (non-hydrogen) atoms. The third kappa shape index (κ3) is 1.58. The maximum atomic E-state index is 11.1. The van der Waals surface area contributed by atoms with E-state index in [2.05, 4.69) is 23.8 Å². The number of fused-ring (bicyclic) bond motifs is 1. The molecule has 1 aromatic rings. The monoisotopic (exact) mass is 188 g/mol. The third-order valence-electron chi connectivity index (χ3n) is 2.29. The SMILES string of the molecule is CC(C)c1cc2c(cn1)CC(=O)C=N2. The molecule has 3 heteroatoms. The Kier molecular flexibility index (Phi) is 2.15. The third-order valence-corrected chi connectivity index (χ3v) is 2.29. The molecule has 0 N–H and O–H groups in total. The molecule has 0 bridgehead atoms. The number of carbonyl (C=O) groups excluding carboxylic acids is 1. The van der Waals surface area contributed by atoms with Gasteiger partial charge in [-0.3, -0.25) is 14.8 Å². The van der Waals surface area contributed by atoms with E-state index in [1.54, 1.807) is 6.20 Å². The molecule has 1 aliphatic rings. The maximum Gasteiger partial charge on any atom is 0.178 e. The normalized spacial score (nSPS) is 14.6. The van der Waals surface area contributed by atoms with Crippen molar-refractivity contribution in [3.05, 3.63) is 23.5 Å². The van der Waals surface area contributed by atoms with Gasteiger partial charge in [0, 0.05) is 23.9 Å². The molecule has 1 aromatic heterocycles. The minimum absolute atomic E-state index is 0.0524. The van der Waals surface area contributed by atoms with Crippen LogP contribution in [0.25, 0.3) is 0 Å². The zero-order chi connectivity index (χ0) is 10.1. The first-order valence-electron chi connectivity index (χ1n) is 4.72. The highest BCUT2D eigenvalue weighted by atomic mass is 16.1. The molecule has 0 spiro atoms. The summed E-state index contributed by atoms with van der Waals surface area (Å²) in [5.74, 6) is 0.449. The molecule has 0 saturated heterocycles. The first kappa shape index (κ1) is 9.06. The van der Waals surface area contributed by atoms with Crippen molar-refractivity contribution < 1.29 is 4.79 Å². The van der Waals surface area contributed by atoms with E-state index in [0.717, 1.165) is 16.9 Å². The van der Waals surface area contributed by atoms with Crippen LogP contribution in [0.3, 0.4) is 0 Å². The van der Waals surface area contributed by atoms with Crippen molar-refractivity contribution in [2.24, 2.45) is 4.99 Å². The Hall–Kier alpha value is -1.51. The molecule has 0 amide bonds. The standard InChI is InChI=1S/C11H12N2O/c1-7(2)10-4-11-8(5-12-10)3-9(14)6-13-11/h4-7H,3H2,1-2H3. The van der Waals surface area contributed by atoms with Gasteiger partial charge in [0.25, 0.3) is 0 Å². The summed E-state index contributed by atoms with van der Waals surface area (Å²) in [6.45, 7) is 4.18. The summed E-state index contributed by atoms with van der Waals surface area (Å²) in [4.78, 5) is 19.5. The molecule has 2 heterocycles. The number of aromatic nitrogens is 1. The summed E-state index contributed by atoms with van der Waals surface area (Å²) in [5, 5.41) is 0. The topological polar surface area (TPSA) is 42.3 Å². The Morgan fingerprint density at radius 1 is 1.43 bits per heavy atom. The van der Waals surface area contributed by atoms with E-state index in [1.165, 1.54) is 6.21 Å². The maximum absolute atomic E-state index is 11.1. The Morgan fingerprint density at radius 2 is 2.21 bits per heavy atom. The van der Waals surface area contributed by atoms with Gasteiger partial charge in [-0.2, -0.15) is 0 Å². The molecule has 0 atom stereocenters. The van der Waals surface area contributed by atoms with Crippen LogP contribution in [0.15, 0.2) is 17.3 Å². The van der Waals surface area contributed by atoms with Crippen molar-refractivity contribution in [3.8, 4) is 0 Å². The Labute approximate surface area is 82.9 Å². The molecule has 2 rings (SSSR count). The van der Waals surface area contributed by atoms with Crippen LogP contribution in [0.2, 0.25) is 0 Å². The molecular formula is C11H12N2O. The number of ketones is 1. The van der Waals surface area contributed by atoms with Gasteiger partial charge in [-0.05, 0) is 12.0 Å². The Bertz CT molecular complexity index is 408. The van der Waals surface area contributed by atoms with E-state index in [4.69, 9.17) is 0 Å². The Morgan fingerprint density at radius 3 is 2.93 bits per heavy atom. The minimum atomic E-state index is 0.0524. The van der Waals surface area contributed by atoms with E-state index >= 15 is 0 Å². The number of Topliss-reactive ketones (excluding diaryl/α,β-unsaturated/α-hetero) is 1. The van der Waals surface area contributed by atoms with E-state index in [1.807, 2.05) is 6.07 Å². The second-order valence-corrected chi connectivity index (χ2v) is 3.79. The summed E-state index contributed by atoms with van der Waals surface area (Å²) >= 11 is 0. The van der Waals surface area contributed by atoms with Gasteiger partial charge in [0.2, 0.25) is 0 Å². The first-order chi connectivity index (χ1) is 6.66. The molecular weight excluding hydrogens is 176 g/mol. The zero-order valence-electron chi connectivity index (χ0n) is 8.32. The average Bonchev–Trinajstić information content (AvgIpc) is 2.16. The van der Waals surface area contributed by atoms with E-state index in [-0.39, 0.29) is 5.78 Å². The van der Waals surface area contributed by atoms with Gasteiger partial charge in [-0.25, -0.2) is 0 Å². The quantitative estimate of drug-likeness (QED) is 0.676. The van der Waals surface area contributed by atoms with Crippen molar-refractivity contribution in [2.45, 2.75) is 26.2 Å².